The molecule has 24 heavy (non-hydrogen) atoms. The van der Waals surface area contributed by atoms with Gasteiger partial charge in [0.1, 0.15) is 0 Å². The Balaban J connectivity index is -0.00000000962. The fraction of sp³-hybridized carbons (Fsp3) is 0.583. The first-order valence-electron chi connectivity index (χ1n) is 5.11. The van der Waals surface area contributed by atoms with Gasteiger partial charge in [0.25, 0.3) is 0 Å². The van der Waals surface area contributed by atoms with Gasteiger partial charge in [0, 0.05) is 98.7 Å². The second-order valence-electron chi connectivity index (χ2n) is 2.48. The predicted molar refractivity (Wildman–Crippen MR) is 84.0 cm³/mol. The molecule has 12 heteroatoms. The zero-order chi connectivity index (χ0) is 14.7. The van der Waals surface area contributed by atoms with Crippen LogP contribution in [0.25, 0.3) is 11.5 Å². The van der Waals surface area contributed by atoms with Crippen molar-refractivity contribution in [2.45, 2.75) is 46.5 Å². The summed E-state index contributed by atoms with van der Waals surface area (Å²) in [5.74, 6) is -0.991. The number of rotatable bonds is 3. The average molecular weight is 589 g/mol. The molecule has 0 unspecified atom stereocenters. The van der Waals surface area contributed by atoms with Crippen LogP contribution in [-0.2, 0) is 135 Å². The standard InChI is InChI=1S/C4H9.2C3H7NO.2CH3.2ClH.6Ti/c1-3-4-2;2*1-2-3(4)5;;;;;;;;;;/h1,3-4H2,2H3;2*2H2,1H3,(H2,4,5);2*1H3;2*1H;;;;;;/q-1;;;2*-1;;;;;;;2*+2/p-4. The second kappa shape index (κ2) is 81.4. The molecule has 0 rings (SSSR count). The quantitative estimate of drug-likeness (QED) is 0.307. The van der Waals surface area contributed by atoms with E-state index < -0.39 is 28.8 Å². The third-order valence-electron chi connectivity index (χ3n) is 0.996. The molecule has 0 heterocycles. The number of halogens is 2. The molecule has 138 valence electrons. The van der Waals surface area contributed by atoms with Gasteiger partial charge in [-0.3, -0.25) is 0 Å². The van der Waals surface area contributed by atoms with E-state index in [2.05, 4.69) is 13.8 Å². The van der Waals surface area contributed by atoms with Crippen molar-refractivity contribution < 1.29 is 135 Å². The Kier molecular flexibility index (Phi) is 240. The molecule has 0 spiro atoms. The minimum absolute atomic E-state index is 0. The van der Waals surface area contributed by atoms with E-state index in [0.717, 1.165) is 6.42 Å². The van der Waals surface area contributed by atoms with Crippen LogP contribution in [0, 0.1) is 21.8 Å². The maximum Gasteiger partial charge on any atom is 2.00 e. The molecule has 0 aliphatic carbocycles. The summed E-state index contributed by atoms with van der Waals surface area (Å²) in [6.07, 6.45) is 2.94. The Labute approximate surface area is 241 Å². The van der Waals surface area contributed by atoms with Crippen LogP contribution >= 0.6 is 18.6 Å². The Bertz CT molecular complexity index is 160. The zero-order valence-corrected chi connectivity index (χ0v) is 26.0. The van der Waals surface area contributed by atoms with E-state index in [1.54, 1.807) is 13.8 Å². The number of amides is 2. The second-order valence-corrected chi connectivity index (χ2v) is 5.06. The molecule has 0 aromatic carbocycles. The Morgan fingerprint density at radius 2 is 0.958 bits per heavy atom. The van der Waals surface area contributed by atoms with Gasteiger partial charge in [-0.25, -0.2) is 0 Å². The van der Waals surface area contributed by atoms with Gasteiger partial charge in [0.15, 0.2) is 0 Å². The van der Waals surface area contributed by atoms with Gasteiger partial charge in [0.2, 0.25) is 0 Å². The van der Waals surface area contributed by atoms with Crippen LogP contribution < -0.4 is 0 Å². The molecule has 0 fully saturated rings. The van der Waals surface area contributed by atoms with E-state index in [-0.39, 0.29) is 123 Å². The number of unbranched alkanes of at least 4 members (excludes halogenated alkanes) is 1. The van der Waals surface area contributed by atoms with Crippen molar-refractivity contribution in [3.8, 4) is 0 Å². The van der Waals surface area contributed by atoms with Crippen molar-refractivity contribution in [2.75, 3.05) is 0 Å². The van der Waals surface area contributed by atoms with Gasteiger partial charge in [0.05, 0.1) is 0 Å². The molecule has 0 atom stereocenters. The molecule has 0 saturated heterocycles. The topological polar surface area (TPSA) is 81.7 Å². The van der Waals surface area contributed by atoms with Crippen molar-refractivity contribution in [3.05, 3.63) is 33.2 Å². The smallest absolute Gasteiger partial charge is 0 e. The molecular weight excluding hydrogens is 562 g/mol. The molecule has 2 N–H and O–H groups in total. The molecule has 0 bridgehead atoms. The minimum Gasteiger partial charge on any atom is 0 e. The number of nitrogens with one attached hydrogen (secondary N) is 2. The van der Waals surface area contributed by atoms with Crippen LogP contribution in [0.5, 0.6) is 0 Å². The van der Waals surface area contributed by atoms with Crippen LogP contribution in [0.2, 0.25) is 0 Å². The summed E-state index contributed by atoms with van der Waals surface area (Å²) in [5, 5.41) is 0. The number of carbonyl (C=O) groups excluding carboxylic acids is 2. The normalized spacial score (nSPS) is 4.92. The Hall–Kier alpha value is 3.81. The van der Waals surface area contributed by atoms with Gasteiger partial charge >= 0.3 is 57.4 Å². The molecule has 0 radical (unpaired) electrons. The molecule has 0 saturated carbocycles. The monoisotopic (exact) mass is 589 g/mol. The maximum absolute atomic E-state index is 9.48. The van der Waals surface area contributed by atoms with E-state index in [9.17, 15) is 9.59 Å². The van der Waals surface area contributed by atoms with E-state index in [0.29, 0.717) is 12.8 Å². The summed E-state index contributed by atoms with van der Waals surface area (Å²) in [7, 11) is 9.78. The molecule has 0 aliphatic rings. The third-order valence-corrected chi connectivity index (χ3v) is 0.996. The maximum atomic E-state index is 9.48. The Morgan fingerprint density at radius 1 is 0.875 bits per heavy atom. The van der Waals surface area contributed by atoms with Crippen LogP contribution in [0.1, 0.15) is 46.5 Å². The van der Waals surface area contributed by atoms with Gasteiger partial charge in [-0.05, 0) is 12.8 Å². The largest absolute Gasteiger partial charge is 2.00 e. The Morgan fingerprint density at radius 3 is 0.958 bits per heavy atom. The molecule has 0 aliphatic heterocycles. The summed E-state index contributed by atoms with van der Waals surface area (Å²) in [6.45, 7) is 9.05. The van der Waals surface area contributed by atoms with Crippen molar-refractivity contribution >= 4 is 30.4 Å². The van der Waals surface area contributed by atoms with Crippen molar-refractivity contribution in [2.24, 2.45) is 0 Å². The zero-order valence-electron chi connectivity index (χ0n) is 15.1. The number of carbonyl (C=O) groups is 2. The van der Waals surface area contributed by atoms with Gasteiger partial charge in [-0.15, -0.1) is 0 Å². The first kappa shape index (κ1) is 70.7. The molecule has 2 amide bonds. The number of hydrogen-bond acceptors (Lipinski definition) is 2. The third kappa shape index (κ3) is 205. The SMILES string of the molecule is CCC([NH-])=O.CCC([NH-])=O.[CH2-]CCC.[CH3-].[CH3-].[Cl][Ti][Cl].[Ti+2].[Ti].[Ti].[Ti].[Ti]. The van der Waals surface area contributed by atoms with Crippen LogP contribution in [-0.4, -0.2) is 11.8 Å². The van der Waals surface area contributed by atoms with Crippen molar-refractivity contribution in [3.63, 3.8) is 0 Å². The molecule has 0 aromatic heterocycles. The summed E-state index contributed by atoms with van der Waals surface area (Å²) in [6, 6.07) is 0. The molecular formula is C12H27Cl2N2O2Ti6-3. The average Bonchev–Trinajstić information content (AvgIpc) is 2.31. The molecule has 4 nitrogen and oxygen atoms in total. The van der Waals surface area contributed by atoms with Crippen molar-refractivity contribution in [1.29, 1.82) is 0 Å². The van der Waals surface area contributed by atoms with E-state index in [4.69, 9.17) is 30.1 Å². The van der Waals surface area contributed by atoms with Crippen LogP contribution in [0.4, 0.5) is 0 Å². The minimum atomic E-state index is -0.556. The predicted octanol–water partition coefficient (Wildman–Crippen LogP) is 5.84. The van der Waals surface area contributed by atoms with Gasteiger partial charge < -0.3 is 42.8 Å². The van der Waals surface area contributed by atoms with E-state index in [1.165, 1.54) is 6.42 Å². The molecule has 0 aromatic rings. The first-order valence-corrected chi connectivity index (χ1v) is 9.41. The fourth-order valence-corrected chi connectivity index (χ4v) is 0. The van der Waals surface area contributed by atoms with E-state index >= 15 is 0 Å². The summed E-state index contributed by atoms with van der Waals surface area (Å²) >= 11 is -0.556. The van der Waals surface area contributed by atoms with Crippen LogP contribution in [0.3, 0.4) is 0 Å². The summed E-state index contributed by atoms with van der Waals surface area (Å²) < 4.78 is 0. The van der Waals surface area contributed by atoms with Crippen LogP contribution in [0.15, 0.2) is 0 Å². The first-order chi connectivity index (χ1) is 7.87. The van der Waals surface area contributed by atoms with Crippen molar-refractivity contribution in [1.82, 2.24) is 0 Å². The fourth-order valence-electron chi connectivity index (χ4n) is 0. The van der Waals surface area contributed by atoms with Gasteiger partial charge in [-0.2, -0.15) is 6.42 Å². The van der Waals surface area contributed by atoms with E-state index in [1.807, 2.05) is 0 Å². The summed E-state index contributed by atoms with van der Waals surface area (Å²) in [4.78, 5) is 19.0. The number of hydrogen-bond donors (Lipinski definition) is 0. The van der Waals surface area contributed by atoms with Gasteiger partial charge in [-0.1, -0.05) is 27.2 Å². The summed E-state index contributed by atoms with van der Waals surface area (Å²) in [5.41, 5.74) is 12.4.